The van der Waals surface area contributed by atoms with Gasteiger partial charge in [0.15, 0.2) is 5.82 Å². The largest absolute Gasteiger partial charge is 0.344 e. The molecule has 1 aromatic heterocycles. The SMILES string of the molecule is Clc1ccc(-c2nsc(N3CCNCC3)n2)cc1. The maximum absolute atomic E-state index is 5.87. The van der Waals surface area contributed by atoms with Gasteiger partial charge in [-0.1, -0.05) is 11.6 Å². The first-order valence-electron chi connectivity index (χ1n) is 5.88. The molecule has 1 N–H and O–H groups in total. The number of halogens is 1. The fraction of sp³-hybridized carbons (Fsp3) is 0.333. The lowest BCUT2D eigenvalue weighted by Gasteiger charge is -2.26. The summed E-state index contributed by atoms with van der Waals surface area (Å²) in [6, 6.07) is 7.63. The summed E-state index contributed by atoms with van der Waals surface area (Å²) in [4.78, 5) is 6.87. The third-order valence-electron chi connectivity index (χ3n) is 2.91. The average molecular weight is 281 g/mol. The van der Waals surface area contributed by atoms with Crippen molar-refractivity contribution in [3.63, 3.8) is 0 Å². The Kier molecular flexibility index (Phi) is 3.45. The van der Waals surface area contributed by atoms with Crippen molar-refractivity contribution in [2.45, 2.75) is 0 Å². The number of nitrogens with zero attached hydrogens (tertiary/aromatic N) is 3. The van der Waals surface area contributed by atoms with Crippen molar-refractivity contribution in [1.82, 2.24) is 14.7 Å². The van der Waals surface area contributed by atoms with Crippen molar-refractivity contribution < 1.29 is 0 Å². The molecule has 1 aliphatic rings. The first-order valence-corrected chi connectivity index (χ1v) is 7.03. The lowest BCUT2D eigenvalue weighted by atomic mass is 10.2. The fourth-order valence-electron chi connectivity index (χ4n) is 1.92. The molecule has 0 atom stereocenters. The number of nitrogens with one attached hydrogen (secondary N) is 1. The summed E-state index contributed by atoms with van der Waals surface area (Å²) in [5.41, 5.74) is 1.01. The van der Waals surface area contributed by atoms with Gasteiger partial charge in [0.05, 0.1) is 0 Å². The van der Waals surface area contributed by atoms with E-state index in [1.54, 1.807) is 0 Å². The van der Waals surface area contributed by atoms with Crippen molar-refractivity contribution >= 4 is 28.3 Å². The van der Waals surface area contributed by atoms with Crippen molar-refractivity contribution in [3.8, 4) is 11.4 Å². The molecule has 4 nitrogen and oxygen atoms in total. The summed E-state index contributed by atoms with van der Waals surface area (Å²) >= 11 is 7.33. The zero-order chi connectivity index (χ0) is 12.4. The van der Waals surface area contributed by atoms with Gasteiger partial charge < -0.3 is 10.2 Å². The van der Waals surface area contributed by atoms with Gasteiger partial charge in [0.2, 0.25) is 5.13 Å². The van der Waals surface area contributed by atoms with E-state index < -0.39 is 0 Å². The highest BCUT2D eigenvalue weighted by Crippen LogP contribution is 2.25. The molecule has 0 bridgehead atoms. The van der Waals surface area contributed by atoms with Crippen LogP contribution in [0.25, 0.3) is 11.4 Å². The van der Waals surface area contributed by atoms with Gasteiger partial charge in [-0.2, -0.15) is 9.36 Å². The summed E-state index contributed by atoms with van der Waals surface area (Å²) in [6.45, 7) is 4.01. The van der Waals surface area contributed by atoms with Gasteiger partial charge in [-0.25, -0.2) is 0 Å². The molecular weight excluding hydrogens is 268 g/mol. The molecule has 18 heavy (non-hydrogen) atoms. The Bertz CT molecular complexity index is 519. The van der Waals surface area contributed by atoms with Gasteiger partial charge in [-0.05, 0) is 24.3 Å². The van der Waals surface area contributed by atoms with E-state index in [2.05, 4.69) is 19.6 Å². The summed E-state index contributed by atoms with van der Waals surface area (Å²) in [5.74, 6) is 0.783. The topological polar surface area (TPSA) is 41.1 Å². The van der Waals surface area contributed by atoms with Gasteiger partial charge in [-0.3, -0.25) is 0 Å². The fourth-order valence-corrected chi connectivity index (χ4v) is 2.78. The lowest BCUT2D eigenvalue weighted by Crippen LogP contribution is -2.43. The minimum absolute atomic E-state index is 0.733. The molecule has 0 radical (unpaired) electrons. The predicted octanol–water partition coefficient (Wildman–Crippen LogP) is 2.27. The summed E-state index contributed by atoms with van der Waals surface area (Å²) in [7, 11) is 0. The summed E-state index contributed by atoms with van der Waals surface area (Å²) in [5, 5.41) is 5.06. The standard InChI is InChI=1S/C12H13ClN4S/c13-10-3-1-9(2-4-10)11-15-12(18-16-11)17-7-5-14-6-8-17/h1-4,14H,5-8H2. The first-order chi connectivity index (χ1) is 8.83. The molecule has 3 rings (SSSR count). The maximum Gasteiger partial charge on any atom is 0.205 e. The molecule has 0 aliphatic carbocycles. The van der Waals surface area contributed by atoms with Crippen LogP contribution in [0.1, 0.15) is 0 Å². The molecule has 6 heteroatoms. The van der Waals surface area contributed by atoms with E-state index >= 15 is 0 Å². The van der Waals surface area contributed by atoms with Crippen LogP contribution in [0.15, 0.2) is 24.3 Å². The Morgan fingerprint density at radius 1 is 1.17 bits per heavy atom. The Morgan fingerprint density at radius 2 is 1.89 bits per heavy atom. The molecule has 0 unspecified atom stereocenters. The number of aromatic nitrogens is 2. The van der Waals surface area contributed by atoms with Crippen LogP contribution in [-0.2, 0) is 0 Å². The lowest BCUT2D eigenvalue weighted by molar-refractivity contribution is 0.588. The molecule has 1 aliphatic heterocycles. The molecule has 0 saturated carbocycles. The molecular formula is C12H13ClN4S. The number of benzene rings is 1. The van der Waals surface area contributed by atoms with E-state index in [4.69, 9.17) is 11.6 Å². The van der Waals surface area contributed by atoms with Crippen LogP contribution in [-0.4, -0.2) is 35.5 Å². The monoisotopic (exact) mass is 280 g/mol. The van der Waals surface area contributed by atoms with E-state index in [1.165, 1.54) is 11.5 Å². The van der Waals surface area contributed by atoms with Gasteiger partial charge in [0.25, 0.3) is 0 Å². The number of hydrogen-bond donors (Lipinski definition) is 1. The van der Waals surface area contributed by atoms with Crippen LogP contribution in [0.4, 0.5) is 5.13 Å². The Labute approximate surface area is 115 Å². The zero-order valence-electron chi connectivity index (χ0n) is 9.77. The number of hydrogen-bond acceptors (Lipinski definition) is 5. The van der Waals surface area contributed by atoms with Gasteiger partial charge in [-0.15, -0.1) is 0 Å². The quantitative estimate of drug-likeness (QED) is 0.916. The Hall–Kier alpha value is -1.17. The maximum atomic E-state index is 5.87. The number of piperazine rings is 1. The zero-order valence-corrected chi connectivity index (χ0v) is 11.3. The van der Waals surface area contributed by atoms with Crippen molar-refractivity contribution in [3.05, 3.63) is 29.3 Å². The molecule has 0 amide bonds. The molecule has 1 saturated heterocycles. The molecule has 2 heterocycles. The molecule has 0 spiro atoms. The van der Waals surface area contributed by atoms with Crippen LogP contribution < -0.4 is 10.2 Å². The minimum atomic E-state index is 0.733. The molecule has 2 aromatic rings. The van der Waals surface area contributed by atoms with Crippen LogP contribution in [0.3, 0.4) is 0 Å². The number of rotatable bonds is 2. The van der Waals surface area contributed by atoms with Gasteiger partial charge in [0, 0.05) is 48.3 Å². The Morgan fingerprint density at radius 3 is 2.61 bits per heavy atom. The van der Waals surface area contributed by atoms with E-state index in [0.29, 0.717) is 0 Å². The van der Waals surface area contributed by atoms with Crippen molar-refractivity contribution in [2.75, 3.05) is 31.1 Å². The first kappa shape index (κ1) is 11.9. The molecule has 1 fully saturated rings. The molecule has 94 valence electrons. The van der Waals surface area contributed by atoms with Crippen LogP contribution >= 0.6 is 23.1 Å². The van der Waals surface area contributed by atoms with E-state index in [9.17, 15) is 0 Å². The smallest absolute Gasteiger partial charge is 0.205 e. The van der Waals surface area contributed by atoms with Gasteiger partial charge >= 0.3 is 0 Å². The van der Waals surface area contributed by atoms with Crippen LogP contribution in [0, 0.1) is 0 Å². The second kappa shape index (κ2) is 5.22. The third-order valence-corrected chi connectivity index (χ3v) is 3.93. The van der Waals surface area contributed by atoms with Crippen LogP contribution in [0.2, 0.25) is 5.02 Å². The highest BCUT2D eigenvalue weighted by atomic mass is 35.5. The van der Waals surface area contributed by atoms with E-state index in [-0.39, 0.29) is 0 Å². The second-order valence-electron chi connectivity index (χ2n) is 4.14. The highest BCUT2D eigenvalue weighted by molar-refractivity contribution is 7.09. The van der Waals surface area contributed by atoms with E-state index in [1.807, 2.05) is 24.3 Å². The van der Waals surface area contributed by atoms with Crippen molar-refractivity contribution in [2.24, 2.45) is 0 Å². The highest BCUT2D eigenvalue weighted by Gasteiger charge is 2.15. The van der Waals surface area contributed by atoms with Crippen LogP contribution in [0.5, 0.6) is 0 Å². The van der Waals surface area contributed by atoms with E-state index in [0.717, 1.165) is 47.7 Å². The predicted molar refractivity (Wildman–Crippen MR) is 75.4 cm³/mol. The third kappa shape index (κ3) is 2.48. The molecule has 1 aromatic carbocycles. The normalized spacial score (nSPS) is 15.9. The van der Waals surface area contributed by atoms with Crippen molar-refractivity contribution in [1.29, 1.82) is 0 Å². The summed E-state index contributed by atoms with van der Waals surface area (Å²) in [6.07, 6.45) is 0. The summed E-state index contributed by atoms with van der Waals surface area (Å²) < 4.78 is 4.42. The Balaban J connectivity index is 1.82. The van der Waals surface area contributed by atoms with Gasteiger partial charge in [0.1, 0.15) is 0 Å². The average Bonchev–Trinajstić information content (AvgIpc) is 2.90. The second-order valence-corrected chi connectivity index (χ2v) is 5.31. The number of anilines is 1. The minimum Gasteiger partial charge on any atom is -0.344 e.